The Labute approximate surface area is 203 Å². The van der Waals surface area contributed by atoms with Crippen LogP contribution in [0.25, 0.3) is 0 Å². The number of aryl methyl sites for hydroxylation is 1. The minimum Gasteiger partial charge on any atom is -0.459 e. The highest BCUT2D eigenvalue weighted by Gasteiger charge is 2.31. The predicted octanol–water partition coefficient (Wildman–Crippen LogP) is 3.25. The van der Waals surface area contributed by atoms with E-state index in [0.29, 0.717) is 19.3 Å². The molecule has 0 aliphatic carbocycles. The van der Waals surface area contributed by atoms with Crippen LogP contribution in [0.15, 0.2) is 41.0 Å². The number of rotatable bonds is 7. The van der Waals surface area contributed by atoms with E-state index in [9.17, 15) is 23.6 Å². The fourth-order valence-corrected chi connectivity index (χ4v) is 3.86. The van der Waals surface area contributed by atoms with E-state index >= 15 is 0 Å². The second-order valence-corrected chi connectivity index (χ2v) is 9.15. The van der Waals surface area contributed by atoms with Crippen molar-refractivity contribution in [3.05, 3.63) is 53.7 Å². The fourth-order valence-electron chi connectivity index (χ4n) is 3.86. The smallest absolute Gasteiger partial charge is 0.322 e. The van der Waals surface area contributed by atoms with Gasteiger partial charge in [-0.1, -0.05) is 26.0 Å². The van der Waals surface area contributed by atoms with E-state index in [1.807, 2.05) is 13.8 Å². The van der Waals surface area contributed by atoms with E-state index in [-0.39, 0.29) is 36.2 Å². The lowest BCUT2D eigenvalue weighted by molar-refractivity contribution is -0.129. The van der Waals surface area contributed by atoms with Gasteiger partial charge in [0.25, 0.3) is 5.91 Å². The molecule has 10 heteroatoms. The maximum absolute atomic E-state index is 13.9. The van der Waals surface area contributed by atoms with Crippen molar-refractivity contribution in [2.24, 2.45) is 5.92 Å². The van der Waals surface area contributed by atoms with Gasteiger partial charge in [0.05, 0.1) is 24.5 Å². The van der Waals surface area contributed by atoms with Gasteiger partial charge in [-0.25, -0.2) is 9.18 Å². The maximum Gasteiger partial charge on any atom is 0.322 e. The van der Waals surface area contributed by atoms with Crippen LogP contribution in [-0.4, -0.2) is 53.7 Å². The first-order chi connectivity index (χ1) is 16.6. The highest BCUT2D eigenvalue weighted by atomic mass is 19.1. The summed E-state index contributed by atoms with van der Waals surface area (Å²) in [6.07, 6.45) is 2.63. The lowest BCUT2D eigenvalue weighted by Gasteiger charge is -2.23. The molecule has 1 aromatic heterocycles. The zero-order chi connectivity index (χ0) is 25.5. The number of carbonyl (C=O) groups is 4. The molecule has 2 aromatic rings. The molecule has 1 saturated heterocycles. The largest absolute Gasteiger partial charge is 0.459 e. The van der Waals surface area contributed by atoms with Crippen LogP contribution in [0.3, 0.4) is 0 Å². The van der Waals surface area contributed by atoms with Crippen molar-refractivity contribution in [1.82, 2.24) is 15.5 Å². The fraction of sp³-hybridized carbons (Fsp3) is 0.440. The number of amides is 4. The minimum absolute atomic E-state index is 0.0260. The summed E-state index contributed by atoms with van der Waals surface area (Å²) in [5, 5.41) is 7.91. The van der Waals surface area contributed by atoms with Crippen LogP contribution in [-0.2, 0) is 9.59 Å². The normalized spacial score (nSPS) is 17.0. The number of urea groups is 1. The van der Waals surface area contributed by atoms with E-state index in [1.165, 1.54) is 29.4 Å². The van der Waals surface area contributed by atoms with E-state index in [4.69, 9.17) is 4.42 Å². The van der Waals surface area contributed by atoms with Crippen molar-refractivity contribution in [2.75, 3.05) is 18.4 Å². The van der Waals surface area contributed by atoms with Gasteiger partial charge in [-0.2, -0.15) is 0 Å². The van der Waals surface area contributed by atoms with Crippen LogP contribution in [0.1, 0.15) is 49.2 Å². The zero-order valence-electron chi connectivity index (χ0n) is 20.1. The van der Waals surface area contributed by atoms with Crippen LogP contribution in [0.4, 0.5) is 14.9 Å². The molecule has 4 amide bonds. The molecule has 1 fully saturated rings. The lowest BCUT2D eigenvalue weighted by atomic mass is 10.0. The van der Waals surface area contributed by atoms with Crippen molar-refractivity contribution >= 4 is 29.3 Å². The molecular formula is C25H31FN4O5. The Balaban J connectivity index is 1.61. The van der Waals surface area contributed by atoms with Crippen LogP contribution >= 0.6 is 0 Å². The van der Waals surface area contributed by atoms with E-state index in [0.717, 1.165) is 5.56 Å². The molecule has 1 aliphatic heterocycles. The summed E-state index contributed by atoms with van der Waals surface area (Å²) in [4.78, 5) is 52.3. The number of ketones is 1. The van der Waals surface area contributed by atoms with Crippen LogP contribution in [0.2, 0.25) is 0 Å². The maximum atomic E-state index is 13.9. The van der Waals surface area contributed by atoms with Crippen LogP contribution < -0.4 is 16.0 Å². The van der Waals surface area contributed by atoms with E-state index < -0.39 is 35.7 Å². The number of nitrogens with zero attached hydrogens (tertiary/aromatic N) is 1. The molecule has 35 heavy (non-hydrogen) atoms. The van der Waals surface area contributed by atoms with Crippen molar-refractivity contribution in [3.8, 4) is 0 Å². The van der Waals surface area contributed by atoms with Crippen molar-refractivity contribution in [1.29, 1.82) is 0 Å². The quantitative estimate of drug-likeness (QED) is 0.555. The van der Waals surface area contributed by atoms with Crippen LogP contribution in [0, 0.1) is 18.7 Å². The van der Waals surface area contributed by atoms with Gasteiger partial charge in [-0.05, 0) is 55.9 Å². The molecular weight excluding hydrogens is 455 g/mol. The van der Waals surface area contributed by atoms with Gasteiger partial charge in [0, 0.05) is 6.54 Å². The molecule has 3 N–H and O–H groups in total. The highest BCUT2D eigenvalue weighted by Crippen LogP contribution is 2.16. The van der Waals surface area contributed by atoms with Gasteiger partial charge in [0.2, 0.25) is 5.91 Å². The van der Waals surface area contributed by atoms with Gasteiger partial charge < -0.3 is 25.3 Å². The number of anilines is 1. The molecule has 0 radical (unpaired) electrons. The molecule has 0 spiro atoms. The number of furan rings is 1. The van der Waals surface area contributed by atoms with E-state index in [2.05, 4.69) is 16.0 Å². The molecule has 9 nitrogen and oxygen atoms in total. The average Bonchev–Trinajstić information content (AvgIpc) is 3.15. The van der Waals surface area contributed by atoms with Crippen molar-refractivity contribution in [2.45, 2.75) is 52.1 Å². The van der Waals surface area contributed by atoms with E-state index in [1.54, 1.807) is 19.1 Å². The summed E-state index contributed by atoms with van der Waals surface area (Å²) in [7, 11) is 0. The number of halogens is 1. The predicted molar refractivity (Wildman–Crippen MR) is 127 cm³/mol. The van der Waals surface area contributed by atoms with Crippen molar-refractivity contribution < 1.29 is 28.0 Å². The number of Topliss-reactive ketones (excluding diaryl/α,β-unsaturated/α-hetero) is 1. The first kappa shape index (κ1) is 25.9. The zero-order valence-corrected chi connectivity index (χ0v) is 20.1. The lowest BCUT2D eigenvalue weighted by Crippen LogP contribution is -2.52. The summed E-state index contributed by atoms with van der Waals surface area (Å²) in [5.41, 5.74) is 0.811. The third-order valence-corrected chi connectivity index (χ3v) is 5.66. The molecule has 1 unspecified atom stereocenters. The number of hydrogen-bond acceptors (Lipinski definition) is 5. The monoisotopic (exact) mass is 486 g/mol. The SMILES string of the molecule is Cc1coc(C(=O)NC(CC(C)C)C(=O)N[C@H]2CCCN(C(=O)Nc3ccccc3F)CC2=O)c1. The molecule has 1 aromatic carbocycles. The number of likely N-dealkylation sites (tertiary alicyclic amines) is 1. The second-order valence-electron chi connectivity index (χ2n) is 9.15. The number of hydrogen-bond donors (Lipinski definition) is 3. The Kier molecular flexibility index (Phi) is 8.62. The first-order valence-electron chi connectivity index (χ1n) is 11.6. The number of benzene rings is 1. The van der Waals surface area contributed by atoms with Gasteiger partial charge in [-0.3, -0.25) is 14.4 Å². The molecule has 1 aliphatic rings. The Morgan fingerprint density at radius 1 is 1.23 bits per heavy atom. The molecule has 3 rings (SSSR count). The molecule has 0 bridgehead atoms. The second kappa shape index (κ2) is 11.6. The van der Waals surface area contributed by atoms with Crippen molar-refractivity contribution in [3.63, 3.8) is 0 Å². The molecule has 188 valence electrons. The third kappa shape index (κ3) is 7.14. The Morgan fingerprint density at radius 3 is 2.63 bits per heavy atom. The van der Waals surface area contributed by atoms with Gasteiger partial charge >= 0.3 is 6.03 Å². The summed E-state index contributed by atoms with van der Waals surface area (Å²) < 4.78 is 19.1. The van der Waals surface area contributed by atoms with Gasteiger partial charge in [-0.15, -0.1) is 0 Å². The number of nitrogens with one attached hydrogen (secondary N) is 3. The summed E-state index contributed by atoms with van der Waals surface area (Å²) >= 11 is 0. The van der Waals surface area contributed by atoms with Gasteiger partial charge in [0.1, 0.15) is 11.9 Å². The topological polar surface area (TPSA) is 121 Å². The number of carbonyl (C=O) groups excluding carboxylic acids is 4. The molecule has 0 saturated carbocycles. The Hall–Kier alpha value is -3.69. The van der Waals surface area contributed by atoms with Crippen LogP contribution in [0.5, 0.6) is 0 Å². The molecule has 2 atom stereocenters. The average molecular weight is 487 g/mol. The first-order valence-corrected chi connectivity index (χ1v) is 11.6. The third-order valence-electron chi connectivity index (χ3n) is 5.66. The standard InChI is InChI=1S/C25H31FN4O5/c1-15(2)11-20(28-24(33)22-12-16(3)14-35-22)23(32)27-19-9-6-10-30(13-21(19)31)25(34)29-18-8-5-4-7-17(18)26/h4-5,7-8,12,14-15,19-20H,6,9-11,13H2,1-3H3,(H,27,32)(H,28,33)(H,29,34)/t19-,20?/m0/s1. The summed E-state index contributed by atoms with van der Waals surface area (Å²) in [6.45, 7) is 5.69. The van der Waals surface area contributed by atoms with Gasteiger partial charge in [0.15, 0.2) is 11.5 Å². The summed E-state index contributed by atoms with van der Waals surface area (Å²) in [6, 6.07) is 5.10. The highest BCUT2D eigenvalue weighted by molar-refractivity contribution is 5.98. The Morgan fingerprint density at radius 2 is 1.97 bits per heavy atom. The minimum atomic E-state index is -0.857. The molecule has 2 heterocycles. The number of para-hydroxylation sites is 1. The Bertz CT molecular complexity index is 1080. The summed E-state index contributed by atoms with van der Waals surface area (Å²) in [5.74, 6) is -1.69.